The highest BCUT2D eigenvalue weighted by molar-refractivity contribution is 6.23. The molecule has 28 heavy (non-hydrogen) atoms. The normalized spacial score (nSPS) is 25.8. The van der Waals surface area contributed by atoms with Gasteiger partial charge in [0, 0.05) is 25.0 Å². The molecule has 3 atom stereocenters. The summed E-state index contributed by atoms with van der Waals surface area (Å²) in [6.07, 6.45) is 2.61. The van der Waals surface area contributed by atoms with Crippen LogP contribution in [0.4, 0.5) is 0 Å². The molecule has 0 aromatic heterocycles. The van der Waals surface area contributed by atoms with Crippen LogP contribution in [0.2, 0.25) is 0 Å². The van der Waals surface area contributed by atoms with E-state index < -0.39 is 23.8 Å². The van der Waals surface area contributed by atoms with Crippen molar-refractivity contribution in [1.82, 2.24) is 20.9 Å². The summed E-state index contributed by atoms with van der Waals surface area (Å²) < 4.78 is 0. The molecule has 3 aliphatic rings. The number of carbonyl (C=O) groups is 4. The minimum Gasteiger partial charge on any atom is -0.312 e. The molecule has 0 spiro atoms. The van der Waals surface area contributed by atoms with Crippen molar-refractivity contribution < 1.29 is 19.2 Å². The van der Waals surface area contributed by atoms with Gasteiger partial charge in [-0.3, -0.25) is 29.4 Å². The van der Waals surface area contributed by atoms with Crippen molar-refractivity contribution in [2.75, 3.05) is 6.54 Å². The Morgan fingerprint density at radius 1 is 1.14 bits per heavy atom. The lowest BCUT2D eigenvalue weighted by Crippen LogP contribution is -2.54. The van der Waals surface area contributed by atoms with E-state index in [2.05, 4.69) is 22.9 Å². The highest BCUT2D eigenvalue weighted by Crippen LogP contribution is 2.28. The number of hydrogen-bond donors (Lipinski definition) is 3. The van der Waals surface area contributed by atoms with Crippen molar-refractivity contribution in [3.63, 3.8) is 0 Å². The summed E-state index contributed by atoms with van der Waals surface area (Å²) in [5.74, 6) is -1.91. The topological polar surface area (TPSA) is 108 Å². The van der Waals surface area contributed by atoms with E-state index in [-0.39, 0.29) is 18.7 Å². The highest BCUT2D eigenvalue weighted by Gasteiger charge is 2.44. The Hall–Kier alpha value is -2.58. The molecule has 0 radical (unpaired) electrons. The molecule has 1 aromatic rings. The molecule has 0 saturated carbocycles. The number of nitrogens with one attached hydrogen (secondary N) is 3. The van der Waals surface area contributed by atoms with E-state index in [1.807, 2.05) is 6.07 Å². The predicted octanol–water partition coefficient (Wildman–Crippen LogP) is 0.318. The molecule has 1 aromatic carbocycles. The van der Waals surface area contributed by atoms with Gasteiger partial charge in [-0.1, -0.05) is 6.07 Å². The molecule has 4 amide bonds. The fourth-order valence-electron chi connectivity index (χ4n) is 4.19. The summed E-state index contributed by atoms with van der Waals surface area (Å²) in [6.45, 7) is 3.77. The first-order valence-electron chi connectivity index (χ1n) is 9.77. The number of fused-ring (bicyclic) bond motifs is 1. The molecule has 148 valence electrons. The van der Waals surface area contributed by atoms with Crippen LogP contribution in [0.5, 0.6) is 0 Å². The molecule has 2 saturated heterocycles. The standard InChI is InChI=1S/C20H24N4O4/c1-11(15-3-2-8-21-15)22-10-12-4-5-13-14(9-12)20(28)24(19(13)27)16-6-7-17(25)23-18(16)26/h4-5,9,11,15-16,21-22H,2-3,6-8,10H2,1H3,(H,23,25,26)/t11-,15-,16?/m0/s1. The van der Waals surface area contributed by atoms with Crippen LogP contribution in [0.3, 0.4) is 0 Å². The average Bonchev–Trinajstić information content (AvgIpc) is 3.29. The zero-order valence-corrected chi connectivity index (χ0v) is 15.8. The van der Waals surface area contributed by atoms with E-state index in [1.54, 1.807) is 12.1 Å². The molecule has 4 rings (SSSR count). The summed E-state index contributed by atoms with van der Waals surface area (Å²) >= 11 is 0. The number of imide groups is 2. The molecule has 3 N–H and O–H groups in total. The van der Waals surface area contributed by atoms with Crippen LogP contribution >= 0.6 is 0 Å². The number of benzene rings is 1. The van der Waals surface area contributed by atoms with Crippen LogP contribution in [0, 0.1) is 0 Å². The molecule has 0 bridgehead atoms. The number of carbonyl (C=O) groups excluding carboxylic acids is 4. The van der Waals surface area contributed by atoms with Crippen molar-refractivity contribution >= 4 is 23.6 Å². The van der Waals surface area contributed by atoms with Crippen molar-refractivity contribution in [1.29, 1.82) is 0 Å². The average molecular weight is 384 g/mol. The summed E-state index contributed by atoms with van der Waals surface area (Å²) in [7, 11) is 0. The van der Waals surface area contributed by atoms with Gasteiger partial charge in [0.15, 0.2) is 0 Å². The smallest absolute Gasteiger partial charge is 0.262 e. The summed E-state index contributed by atoms with van der Waals surface area (Å²) in [4.78, 5) is 50.0. The fourth-order valence-corrected chi connectivity index (χ4v) is 4.19. The maximum atomic E-state index is 12.8. The Labute approximate surface area is 163 Å². The van der Waals surface area contributed by atoms with E-state index in [1.165, 1.54) is 6.42 Å². The monoisotopic (exact) mass is 384 g/mol. The van der Waals surface area contributed by atoms with Gasteiger partial charge in [-0.2, -0.15) is 0 Å². The van der Waals surface area contributed by atoms with Crippen molar-refractivity contribution in [3.8, 4) is 0 Å². The summed E-state index contributed by atoms with van der Waals surface area (Å²) in [6, 6.07) is 5.02. The predicted molar refractivity (Wildman–Crippen MR) is 100 cm³/mol. The number of piperidine rings is 1. The van der Waals surface area contributed by atoms with Gasteiger partial charge in [0.05, 0.1) is 11.1 Å². The van der Waals surface area contributed by atoms with Gasteiger partial charge in [-0.15, -0.1) is 0 Å². The van der Waals surface area contributed by atoms with E-state index >= 15 is 0 Å². The lowest BCUT2D eigenvalue weighted by Gasteiger charge is -2.27. The van der Waals surface area contributed by atoms with E-state index in [4.69, 9.17) is 0 Å². The summed E-state index contributed by atoms with van der Waals surface area (Å²) in [5.41, 5.74) is 1.54. The van der Waals surface area contributed by atoms with Crippen molar-refractivity contribution in [3.05, 3.63) is 34.9 Å². The van der Waals surface area contributed by atoms with Gasteiger partial charge in [0.1, 0.15) is 6.04 Å². The fraction of sp³-hybridized carbons (Fsp3) is 0.500. The Morgan fingerprint density at radius 3 is 2.64 bits per heavy atom. The number of nitrogens with zero attached hydrogens (tertiary/aromatic N) is 1. The number of hydrogen-bond acceptors (Lipinski definition) is 6. The van der Waals surface area contributed by atoms with E-state index in [0.29, 0.717) is 29.8 Å². The number of amides is 4. The third kappa shape index (κ3) is 3.33. The van der Waals surface area contributed by atoms with Crippen LogP contribution in [-0.2, 0) is 16.1 Å². The Morgan fingerprint density at radius 2 is 1.93 bits per heavy atom. The van der Waals surface area contributed by atoms with Crippen LogP contribution in [0.1, 0.15) is 58.9 Å². The molecule has 3 heterocycles. The minimum absolute atomic E-state index is 0.117. The van der Waals surface area contributed by atoms with Gasteiger partial charge < -0.3 is 10.6 Å². The molecule has 1 unspecified atom stereocenters. The van der Waals surface area contributed by atoms with Crippen molar-refractivity contribution in [2.45, 2.75) is 57.3 Å². The highest BCUT2D eigenvalue weighted by atomic mass is 16.2. The maximum Gasteiger partial charge on any atom is 0.262 e. The lowest BCUT2D eigenvalue weighted by atomic mass is 10.0. The minimum atomic E-state index is -0.930. The molecule has 3 aliphatic heterocycles. The zero-order valence-electron chi connectivity index (χ0n) is 15.8. The number of rotatable bonds is 5. The Bertz CT molecular complexity index is 847. The lowest BCUT2D eigenvalue weighted by molar-refractivity contribution is -0.136. The second kappa shape index (κ2) is 7.44. The van der Waals surface area contributed by atoms with E-state index in [0.717, 1.165) is 23.4 Å². The van der Waals surface area contributed by atoms with Crippen LogP contribution in [0.15, 0.2) is 18.2 Å². The van der Waals surface area contributed by atoms with Gasteiger partial charge in [-0.05, 0) is 50.4 Å². The molecular formula is C20H24N4O4. The first-order chi connectivity index (χ1) is 13.5. The van der Waals surface area contributed by atoms with Gasteiger partial charge in [-0.25, -0.2) is 0 Å². The van der Waals surface area contributed by atoms with Crippen molar-refractivity contribution in [2.24, 2.45) is 0 Å². The largest absolute Gasteiger partial charge is 0.312 e. The van der Waals surface area contributed by atoms with Gasteiger partial charge >= 0.3 is 0 Å². The SMILES string of the molecule is C[C@H](NCc1ccc2c(c1)C(=O)N(C1CCC(=O)NC1=O)C2=O)[C@@H]1CCCN1. The van der Waals surface area contributed by atoms with Gasteiger partial charge in [0.2, 0.25) is 11.8 Å². The maximum absolute atomic E-state index is 12.8. The second-order valence-corrected chi connectivity index (χ2v) is 7.70. The summed E-state index contributed by atoms with van der Waals surface area (Å²) in [5, 5.41) is 9.14. The first kappa shape index (κ1) is 18.8. The first-order valence-corrected chi connectivity index (χ1v) is 9.77. The Kier molecular flexibility index (Phi) is 4.99. The molecule has 8 heteroatoms. The van der Waals surface area contributed by atoms with E-state index in [9.17, 15) is 19.2 Å². The van der Waals surface area contributed by atoms with Crippen LogP contribution in [0.25, 0.3) is 0 Å². The molecular weight excluding hydrogens is 360 g/mol. The van der Waals surface area contributed by atoms with Crippen LogP contribution in [-0.4, -0.2) is 53.2 Å². The molecule has 8 nitrogen and oxygen atoms in total. The Balaban J connectivity index is 1.47. The zero-order chi connectivity index (χ0) is 19.8. The molecule has 2 fully saturated rings. The molecule has 0 aliphatic carbocycles. The second-order valence-electron chi connectivity index (χ2n) is 7.70. The third-order valence-corrected chi connectivity index (χ3v) is 5.83. The quantitative estimate of drug-likeness (QED) is 0.631. The van der Waals surface area contributed by atoms with Gasteiger partial charge in [0.25, 0.3) is 11.8 Å². The third-order valence-electron chi connectivity index (χ3n) is 5.83. The van der Waals surface area contributed by atoms with Crippen LogP contribution < -0.4 is 16.0 Å².